The number of aliphatic hydroxyl groups excluding tert-OH is 1. The van der Waals surface area contributed by atoms with Crippen molar-refractivity contribution in [2.75, 3.05) is 13.6 Å². The fourth-order valence-corrected chi connectivity index (χ4v) is 3.41. The fourth-order valence-electron chi connectivity index (χ4n) is 3.41. The number of benzene rings is 1. The van der Waals surface area contributed by atoms with E-state index in [0.29, 0.717) is 0 Å². The van der Waals surface area contributed by atoms with Crippen LogP contribution in [0.3, 0.4) is 0 Å². The first kappa shape index (κ1) is 13.7. The van der Waals surface area contributed by atoms with E-state index in [1.54, 1.807) is 0 Å². The van der Waals surface area contributed by atoms with Gasteiger partial charge in [-0.15, -0.1) is 0 Å². The van der Waals surface area contributed by atoms with Crippen molar-refractivity contribution in [3.8, 4) is 0 Å². The molecule has 3 nitrogen and oxygen atoms in total. The molecule has 1 fully saturated rings. The summed E-state index contributed by atoms with van der Waals surface area (Å²) >= 11 is 0. The first-order valence-electron chi connectivity index (χ1n) is 7.46. The molecule has 2 heterocycles. The van der Waals surface area contributed by atoms with Crippen LogP contribution in [0.15, 0.2) is 22.6 Å². The van der Waals surface area contributed by atoms with Gasteiger partial charge in [0.05, 0.1) is 6.10 Å². The van der Waals surface area contributed by atoms with Crippen molar-refractivity contribution < 1.29 is 9.52 Å². The van der Waals surface area contributed by atoms with Gasteiger partial charge in [-0.25, -0.2) is 0 Å². The molecule has 0 radical (unpaired) electrons. The molecule has 2 aromatic rings. The van der Waals surface area contributed by atoms with Gasteiger partial charge in [0.2, 0.25) is 0 Å². The molecule has 20 heavy (non-hydrogen) atoms. The molecule has 3 rings (SSSR count). The molecule has 108 valence electrons. The van der Waals surface area contributed by atoms with E-state index in [2.05, 4.69) is 18.9 Å². The molecule has 0 saturated carbocycles. The summed E-state index contributed by atoms with van der Waals surface area (Å²) in [7, 11) is 2.11. The molecule has 1 aliphatic rings. The molecule has 3 heteroatoms. The Hall–Kier alpha value is -1.32. The topological polar surface area (TPSA) is 36.6 Å². The number of hydrogen-bond acceptors (Lipinski definition) is 3. The number of nitrogens with zero attached hydrogens (tertiary/aromatic N) is 1. The lowest BCUT2D eigenvalue weighted by molar-refractivity contribution is 0.0412. The average Bonchev–Trinajstić information content (AvgIpc) is 2.74. The predicted molar refractivity (Wildman–Crippen MR) is 80.9 cm³/mol. The molecule has 2 atom stereocenters. The summed E-state index contributed by atoms with van der Waals surface area (Å²) in [4.78, 5) is 2.29. The quantitative estimate of drug-likeness (QED) is 0.908. The molecule has 1 aliphatic heterocycles. The van der Waals surface area contributed by atoms with Gasteiger partial charge in [0, 0.05) is 11.4 Å². The highest BCUT2D eigenvalue weighted by Gasteiger charge is 2.29. The summed E-state index contributed by atoms with van der Waals surface area (Å²) in [6, 6.07) is 6.21. The fraction of sp³-hybridized carbons (Fsp3) is 0.529. The highest BCUT2D eigenvalue weighted by atomic mass is 16.3. The van der Waals surface area contributed by atoms with Crippen LogP contribution in [0.1, 0.15) is 42.3 Å². The monoisotopic (exact) mass is 273 g/mol. The van der Waals surface area contributed by atoms with Crippen molar-refractivity contribution in [1.29, 1.82) is 0 Å². The van der Waals surface area contributed by atoms with Crippen molar-refractivity contribution in [2.24, 2.45) is 0 Å². The molecule has 0 spiro atoms. The minimum absolute atomic E-state index is 0.212. The second-order valence-electron chi connectivity index (χ2n) is 5.99. The first-order chi connectivity index (χ1) is 9.59. The number of aryl methyl sites for hydroxylation is 2. The molecule has 1 aromatic heterocycles. The number of piperidine rings is 1. The second kappa shape index (κ2) is 5.23. The Bertz CT molecular complexity index is 617. The van der Waals surface area contributed by atoms with E-state index >= 15 is 0 Å². The summed E-state index contributed by atoms with van der Waals surface area (Å²) in [6.07, 6.45) is 3.04. The minimum Gasteiger partial charge on any atom is -0.461 e. The minimum atomic E-state index is -0.445. The van der Waals surface area contributed by atoms with Gasteiger partial charge in [-0.3, -0.25) is 0 Å². The van der Waals surface area contributed by atoms with Crippen LogP contribution >= 0.6 is 0 Å². The van der Waals surface area contributed by atoms with E-state index in [-0.39, 0.29) is 6.04 Å². The van der Waals surface area contributed by atoms with Crippen molar-refractivity contribution in [2.45, 2.75) is 45.3 Å². The van der Waals surface area contributed by atoms with Crippen LogP contribution in [0.5, 0.6) is 0 Å². The number of rotatable bonds is 2. The van der Waals surface area contributed by atoms with Crippen molar-refractivity contribution in [3.63, 3.8) is 0 Å². The molecule has 1 N–H and O–H groups in total. The summed E-state index contributed by atoms with van der Waals surface area (Å²) < 4.78 is 5.78. The normalized spacial score (nSPS) is 22.3. The average molecular weight is 273 g/mol. The molecule has 0 aliphatic carbocycles. The van der Waals surface area contributed by atoms with Crippen LogP contribution in [-0.4, -0.2) is 29.6 Å². The third-order valence-corrected chi connectivity index (χ3v) is 4.73. The van der Waals surface area contributed by atoms with Gasteiger partial charge in [0.1, 0.15) is 11.3 Å². The molecule has 2 unspecified atom stereocenters. The van der Waals surface area contributed by atoms with Gasteiger partial charge in [-0.1, -0.05) is 18.6 Å². The predicted octanol–water partition coefficient (Wildman–Crippen LogP) is 3.57. The van der Waals surface area contributed by atoms with E-state index < -0.39 is 6.10 Å². The SMILES string of the molecule is Cc1oc2cccc(C(O)C3CCCCN3C)c2c1C. The lowest BCUT2D eigenvalue weighted by Gasteiger charge is -2.36. The molecule has 0 amide bonds. The van der Waals surface area contributed by atoms with Gasteiger partial charge in [0.15, 0.2) is 0 Å². The van der Waals surface area contributed by atoms with Crippen molar-refractivity contribution in [1.82, 2.24) is 4.90 Å². The molecular weight excluding hydrogens is 250 g/mol. The van der Waals surface area contributed by atoms with Crippen molar-refractivity contribution >= 4 is 11.0 Å². The number of aliphatic hydroxyl groups is 1. The Balaban J connectivity index is 2.04. The zero-order chi connectivity index (χ0) is 14.3. The van der Waals surface area contributed by atoms with E-state index in [1.165, 1.54) is 12.8 Å². The zero-order valence-electron chi connectivity index (χ0n) is 12.5. The zero-order valence-corrected chi connectivity index (χ0v) is 12.5. The van der Waals surface area contributed by atoms with Gasteiger partial charge < -0.3 is 14.4 Å². The van der Waals surface area contributed by atoms with Gasteiger partial charge in [-0.2, -0.15) is 0 Å². The number of fused-ring (bicyclic) bond motifs is 1. The number of likely N-dealkylation sites (N-methyl/N-ethyl adjacent to an activating group) is 1. The number of furan rings is 1. The Morgan fingerprint density at radius 2 is 2.10 bits per heavy atom. The summed E-state index contributed by atoms with van der Waals surface area (Å²) in [6.45, 7) is 5.13. The Morgan fingerprint density at radius 3 is 2.85 bits per heavy atom. The van der Waals surface area contributed by atoms with Gasteiger partial charge >= 0.3 is 0 Å². The van der Waals surface area contributed by atoms with Crippen LogP contribution in [-0.2, 0) is 0 Å². The largest absolute Gasteiger partial charge is 0.461 e. The molecule has 1 saturated heterocycles. The molecule has 0 bridgehead atoms. The Kier molecular flexibility index (Phi) is 3.57. The molecule has 1 aromatic carbocycles. The Labute approximate surface area is 120 Å². The second-order valence-corrected chi connectivity index (χ2v) is 5.99. The van der Waals surface area contributed by atoms with Crippen LogP contribution < -0.4 is 0 Å². The number of hydrogen-bond donors (Lipinski definition) is 1. The van der Waals surface area contributed by atoms with E-state index in [4.69, 9.17) is 4.42 Å². The maximum atomic E-state index is 10.9. The summed E-state index contributed by atoms with van der Waals surface area (Å²) in [5.41, 5.74) is 3.04. The highest BCUT2D eigenvalue weighted by Crippen LogP contribution is 2.35. The Morgan fingerprint density at radius 1 is 1.30 bits per heavy atom. The third-order valence-electron chi connectivity index (χ3n) is 4.73. The lowest BCUT2D eigenvalue weighted by atomic mass is 9.91. The van der Waals surface area contributed by atoms with Crippen LogP contribution in [0.4, 0.5) is 0 Å². The van der Waals surface area contributed by atoms with Gasteiger partial charge in [0.25, 0.3) is 0 Å². The van der Waals surface area contributed by atoms with Crippen LogP contribution in [0, 0.1) is 13.8 Å². The summed E-state index contributed by atoms with van der Waals surface area (Å²) in [5.74, 6) is 0.941. The van der Waals surface area contributed by atoms with E-state index in [0.717, 1.165) is 40.8 Å². The number of likely N-dealkylation sites (tertiary alicyclic amines) is 1. The summed E-state index contributed by atoms with van der Waals surface area (Å²) in [5, 5.41) is 12.0. The first-order valence-corrected chi connectivity index (χ1v) is 7.46. The third kappa shape index (κ3) is 2.15. The lowest BCUT2D eigenvalue weighted by Crippen LogP contribution is -2.40. The van der Waals surface area contributed by atoms with Crippen LogP contribution in [0.25, 0.3) is 11.0 Å². The smallest absolute Gasteiger partial charge is 0.134 e. The highest BCUT2D eigenvalue weighted by molar-refractivity contribution is 5.86. The van der Waals surface area contributed by atoms with Crippen LogP contribution in [0.2, 0.25) is 0 Å². The maximum absolute atomic E-state index is 10.9. The maximum Gasteiger partial charge on any atom is 0.134 e. The molecular formula is C17H23NO2. The van der Waals surface area contributed by atoms with Gasteiger partial charge in [-0.05, 0) is 57.5 Å². The van der Waals surface area contributed by atoms with Crippen molar-refractivity contribution in [3.05, 3.63) is 35.1 Å². The van der Waals surface area contributed by atoms with E-state index in [9.17, 15) is 5.11 Å². The standard InChI is InChI=1S/C17H23NO2/c1-11-12(2)20-15-9-6-7-13(16(11)15)17(19)14-8-4-5-10-18(14)3/h6-7,9,14,17,19H,4-5,8,10H2,1-3H3. The van der Waals surface area contributed by atoms with E-state index in [1.807, 2.05) is 25.1 Å².